The zero-order valence-electron chi connectivity index (χ0n) is 10.9. The zero-order chi connectivity index (χ0) is 16.3. The third-order valence-electron chi connectivity index (χ3n) is 3.04. The largest absolute Gasteiger partial charge is 0.271 e. The molecule has 1 aromatic carbocycles. The highest BCUT2D eigenvalue weighted by atomic mass is 16.6. The molecule has 7 nitrogen and oxygen atoms in total. The first-order valence-electron chi connectivity index (χ1n) is 5.77. The molecule has 0 atom stereocenters. The summed E-state index contributed by atoms with van der Waals surface area (Å²) in [6.07, 6.45) is 1.42. The van der Waals surface area contributed by atoms with E-state index in [9.17, 15) is 10.1 Å². The minimum absolute atomic E-state index is 0.0904. The molecule has 0 radical (unpaired) electrons. The minimum atomic E-state index is -0.581. The van der Waals surface area contributed by atoms with Gasteiger partial charge in [0.15, 0.2) is 0 Å². The van der Waals surface area contributed by atoms with Gasteiger partial charge in [-0.25, -0.2) is 15.0 Å². The molecule has 0 aliphatic heterocycles. The van der Waals surface area contributed by atoms with E-state index < -0.39 is 4.92 Å². The normalized spacial score (nSPS) is 13.6. The summed E-state index contributed by atoms with van der Waals surface area (Å²) in [4.78, 5) is 16.6. The van der Waals surface area contributed by atoms with E-state index in [0.29, 0.717) is 16.7 Å². The maximum Gasteiger partial charge on any atom is 0.270 e. The van der Waals surface area contributed by atoms with E-state index in [4.69, 9.17) is 23.8 Å². The van der Waals surface area contributed by atoms with Crippen LogP contribution in [0.2, 0.25) is 0 Å². The summed E-state index contributed by atoms with van der Waals surface area (Å²) in [5.74, 6) is 1.99. The third-order valence-corrected chi connectivity index (χ3v) is 3.04. The number of hydrogen-bond acceptors (Lipinski definition) is 4. The first-order chi connectivity index (χ1) is 10.6. The van der Waals surface area contributed by atoms with Crippen molar-refractivity contribution in [3.05, 3.63) is 79.7 Å². The number of nitro groups is 1. The van der Waals surface area contributed by atoms with Crippen LogP contribution in [0.1, 0.15) is 11.1 Å². The van der Waals surface area contributed by atoms with Gasteiger partial charge < -0.3 is 0 Å². The summed E-state index contributed by atoms with van der Waals surface area (Å²) < 4.78 is 0. The summed E-state index contributed by atoms with van der Waals surface area (Å²) >= 11 is 0. The Morgan fingerprint density at radius 2 is 2.05 bits per heavy atom. The Hall–Kier alpha value is -3.98. The molecule has 2 rings (SSSR count). The van der Waals surface area contributed by atoms with Crippen LogP contribution in [0.5, 0.6) is 0 Å². The molecule has 1 aliphatic carbocycles. The summed E-state index contributed by atoms with van der Waals surface area (Å²) in [6.45, 7) is 14.1. The molecular formula is C15H5N5O2. The van der Waals surface area contributed by atoms with E-state index in [1.165, 1.54) is 24.3 Å². The van der Waals surface area contributed by atoms with Crippen LogP contribution in [-0.2, 0) is 0 Å². The topological polar surface area (TPSA) is 99.5 Å². The predicted molar refractivity (Wildman–Crippen MR) is 78.1 cm³/mol. The maximum atomic E-state index is 10.9. The van der Waals surface area contributed by atoms with E-state index in [1.807, 2.05) is 5.87 Å². The second-order valence-electron chi connectivity index (χ2n) is 4.12. The third kappa shape index (κ3) is 2.15. The lowest BCUT2D eigenvalue weighted by molar-refractivity contribution is -0.384. The van der Waals surface area contributed by atoms with Crippen LogP contribution in [0.4, 0.5) is 5.69 Å². The van der Waals surface area contributed by atoms with Crippen molar-refractivity contribution in [3.8, 4) is 6.07 Å². The number of nitriles is 1. The van der Waals surface area contributed by atoms with Crippen LogP contribution < -0.4 is 0 Å². The number of nitrogens with one attached hydrogen (secondary N) is 1. The Balaban J connectivity index is 2.86. The molecule has 0 aromatic heterocycles. The van der Waals surface area contributed by atoms with Crippen LogP contribution in [-0.4, -0.2) is 10.8 Å². The van der Waals surface area contributed by atoms with Gasteiger partial charge in [0.25, 0.3) is 17.1 Å². The predicted octanol–water partition coefficient (Wildman–Crippen LogP) is 3.20. The molecule has 0 saturated carbocycles. The molecule has 1 aliphatic rings. The molecule has 0 heterocycles. The standard InChI is InChI=1S/C15H5N5O2/c1-18-14(7-16)12-6-13(15(8-17)19-2)11-5-9(20(21)22)3-4-10(11)12/h3-6,16H/b15-13-. The maximum absolute atomic E-state index is 10.9. The Morgan fingerprint density at radius 3 is 2.55 bits per heavy atom. The lowest BCUT2D eigenvalue weighted by Crippen LogP contribution is -1.92. The average molecular weight is 287 g/mol. The molecule has 0 bridgehead atoms. The van der Waals surface area contributed by atoms with Gasteiger partial charge in [0.05, 0.1) is 24.1 Å². The van der Waals surface area contributed by atoms with Crippen molar-refractivity contribution in [1.29, 1.82) is 10.7 Å². The number of nitro benzene ring substituents is 1. The van der Waals surface area contributed by atoms with Gasteiger partial charge >= 0.3 is 0 Å². The lowest BCUT2D eigenvalue weighted by atomic mass is 10.0. The van der Waals surface area contributed by atoms with Gasteiger partial charge in [-0.15, -0.1) is 0 Å². The number of allylic oxidation sites excluding steroid dienone is 4. The molecule has 0 amide bonds. The molecule has 7 heteroatoms. The minimum Gasteiger partial charge on any atom is -0.271 e. The quantitative estimate of drug-likeness (QED) is 0.297. The molecule has 0 spiro atoms. The number of benzene rings is 1. The molecule has 1 aromatic rings. The van der Waals surface area contributed by atoms with E-state index in [0.717, 1.165) is 0 Å². The Morgan fingerprint density at radius 1 is 1.32 bits per heavy atom. The van der Waals surface area contributed by atoms with Crippen molar-refractivity contribution in [2.75, 3.05) is 0 Å². The highest BCUT2D eigenvalue weighted by Crippen LogP contribution is 2.41. The SMILES string of the molecule is [C-]#[N+]C(=C=N)C1=C/C(=C(\C#N)[N+]#[C-])c2cc([N+](=O)[O-])ccc21. The fourth-order valence-electron chi connectivity index (χ4n) is 2.10. The molecule has 102 valence electrons. The molecule has 0 fully saturated rings. The lowest BCUT2D eigenvalue weighted by Gasteiger charge is -2.03. The summed E-state index contributed by atoms with van der Waals surface area (Å²) in [5, 5.41) is 27.1. The Bertz CT molecular complexity index is 926. The van der Waals surface area contributed by atoms with Crippen molar-refractivity contribution in [2.45, 2.75) is 0 Å². The second kappa shape index (κ2) is 5.56. The van der Waals surface area contributed by atoms with Gasteiger partial charge in [0.2, 0.25) is 0 Å². The molecule has 1 N–H and O–H groups in total. The molecule has 22 heavy (non-hydrogen) atoms. The van der Waals surface area contributed by atoms with Gasteiger partial charge in [0.1, 0.15) is 0 Å². The fraction of sp³-hybridized carbons (Fsp3) is 0. The van der Waals surface area contributed by atoms with Crippen LogP contribution in [0.3, 0.4) is 0 Å². The summed E-state index contributed by atoms with van der Waals surface area (Å²) in [7, 11) is 0. The van der Waals surface area contributed by atoms with Gasteiger partial charge in [-0.1, -0.05) is 6.08 Å². The highest BCUT2D eigenvalue weighted by molar-refractivity contribution is 6.06. The molecular weight excluding hydrogens is 282 g/mol. The average Bonchev–Trinajstić information content (AvgIpc) is 2.89. The zero-order valence-corrected chi connectivity index (χ0v) is 10.9. The van der Waals surface area contributed by atoms with Crippen LogP contribution in [0, 0.1) is 40.0 Å². The highest BCUT2D eigenvalue weighted by Gasteiger charge is 2.26. The van der Waals surface area contributed by atoms with Crippen LogP contribution in [0.25, 0.3) is 20.8 Å². The second-order valence-corrected chi connectivity index (χ2v) is 4.12. The van der Waals surface area contributed by atoms with Crippen molar-refractivity contribution in [2.24, 2.45) is 0 Å². The van der Waals surface area contributed by atoms with Crippen LogP contribution in [0.15, 0.2) is 35.7 Å². The number of non-ortho nitro benzene ring substituents is 1. The van der Waals surface area contributed by atoms with Crippen molar-refractivity contribution in [1.82, 2.24) is 0 Å². The first kappa shape index (κ1) is 14.4. The smallest absolute Gasteiger partial charge is 0.270 e. The van der Waals surface area contributed by atoms with E-state index in [-0.39, 0.29) is 22.7 Å². The molecule has 0 saturated heterocycles. The van der Waals surface area contributed by atoms with Gasteiger partial charge in [0, 0.05) is 12.1 Å². The first-order valence-corrected chi connectivity index (χ1v) is 5.77. The Labute approximate surface area is 125 Å². The number of hydrogen-bond donors (Lipinski definition) is 1. The van der Waals surface area contributed by atoms with Gasteiger partial charge in [-0.2, -0.15) is 0 Å². The van der Waals surface area contributed by atoms with Gasteiger partial charge in [-0.3, -0.25) is 15.5 Å². The number of nitrogens with zero attached hydrogens (tertiary/aromatic N) is 4. The van der Waals surface area contributed by atoms with Gasteiger partial charge in [-0.05, 0) is 34.2 Å². The number of fused-ring (bicyclic) bond motifs is 1. The van der Waals surface area contributed by atoms with Crippen molar-refractivity contribution < 1.29 is 4.92 Å². The number of rotatable bonds is 2. The van der Waals surface area contributed by atoms with Crippen molar-refractivity contribution >= 4 is 22.7 Å². The van der Waals surface area contributed by atoms with E-state index in [1.54, 1.807) is 6.07 Å². The van der Waals surface area contributed by atoms with Crippen LogP contribution >= 0.6 is 0 Å². The van der Waals surface area contributed by atoms with E-state index in [2.05, 4.69) is 9.69 Å². The summed E-state index contributed by atoms with van der Waals surface area (Å²) in [5.41, 5.74) is 0.814. The van der Waals surface area contributed by atoms with Crippen molar-refractivity contribution in [3.63, 3.8) is 0 Å². The fourth-order valence-corrected chi connectivity index (χ4v) is 2.10. The molecule has 0 unspecified atom stereocenters. The Kier molecular flexibility index (Phi) is 3.65. The summed E-state index contributed by atoms with van der Waals surface area (Å²) in [6, 6.07) is 5.70. The van der Waals surface area contributed by atoms with E-state index >= 15 is 0 Å². The monoisotopic (exact) mass is 287 g/mol.